The zero-order chi connectivity index (χ0) is 17.0. The van der Waals surface area contributed by atoms with Crippen molar-refractivity contribution in [2.45, 2.75) is 6.10 Å². The monoisotopic (exact) mass is 321 g/mol. The lowest BCUT2D eigenvalue weighted by atomic mass is 10.1. The van der Waals surface area contributed by atoms with Gasteiger partial charge in [0.25, 0.3) is 5.91 Å². The summed E-state index contributed by atoms with van der Waals surface area (Å²) in [6.45, 7) is -0.307. The first-order valence-electron chi connectivity index (χ1n) is 6.96. The van der Waals surface area contributed by atoms with Crippen molar-refractivity contribution >= 4 is 5.91 Å². The van der Waals surface area contributed by atoms with Crippen LogP contribution in [0.4, 0.5) is 8.78 Å². The third-order valence-corrected chi connectivity index (χ3v) is 3.25. The quantitative estimate of drug-likeness (QED) is 0.921. The molecular formula is C17H17F2NO3. The van der Waals surface area contributed by atoms with Gasteiger partial charge in [-0.15, -0.1) is 0 Å². The lowest BCUT2D eigenvalue weighted by molar-refractivity contribution is 0.0827. The van der Waals surface area contributed by atoms with Crippen LogP contribution < -0.4 is 4.74 Å². The standard InChI is InChI=1S/C17H17F2NO3/c1-20(2)17(22)11-6-8-12(9-7-11)23-10-15(21)16-13(18)4-3-5-14(16)19/h3-9,15,21H,10H2,1-2H3. The molecule has 4 nitrogen and oxygen atoms in total. The molecule has 0 aliphatic carbocycles. The number of carbonyl (C=O) groups excluding carboxylic acids is 1. The van der Waals surface area contributed by atoms with E-state index in [1.165, 1.54) is 11.0 Å². The van der Waals surface area contributed by atoms with Gasteiger partial charge in [-0.05, 0) is 36.4 Å². The van der Waals surface area contributed by atoms with Crippen molar-refractivity contribution in [2.24, 2.45) is 0 Å². The summed E-state index contributed by atoms with van der Waals surface area (Å²) in [4.78, 5) is 13.2. The predicted molar refractivity (Wildman–Crippen MR) is 81.3 cm³/mol. The SMILES string of the molecule is CN(C)C(=O)c1ccc(OCC(O)c2c(F)cccc2F)cc1. The zero-order valence-corrected chi connectivity index (χ0v) is 12.8. The van der Waals surface area contributed by atoms with Crippen LogP contribution in [-0.2, 0) is 0 Å². The highest BCUT2D eigenvalue weighted by Gasteiger charge is 2.18. The van der Waals surface area contributed by atoms with Crippen LogP contribution in [0.25, 0.3) is 0 Å². The fourth-order valence-corrected chi connectivity index (χ4v) is 2.04. The van der Waals surface area contributed by atoms with Crippen molar-refractivity contribution in [1.82, 2.24) is 4.90 Å². The Labute approximate surface area is 132 Å². The minimum Gasteiger partial charge on any atom is -0.491 e. The molecule has 1 amide bonds. The van der Waals surface area contributed by atoms with E-state index in [9.17, 15) is 18.7 Å². The van der Waals surface area contributed by atoms with Crippen LogP contribution in [0.3, 0.4) is 0 Å². The summed E-state index contributed by atoms with van der Waals surface area (Å²) in [5, 5.41) is 9.89. The van der Waals surface area contributed by atoms with Gasteiger partial charge >= 0.3 is 0 Å². The molecule has 2 rings (SSSR count). The van der Waals surface area contributed by atoms with Crippen LogP contribution in [0.1, 0.15) is 22.0 Å². The highest BCUT2D eigenvalue weighted by atomic mass is 19.1. The maximum atomic E-state index is 13.5. The second-order valence-electron chi connectivity index (χ2n) is 5.19. The van der Waals surface area contributed by atoms with Crippen molar-refractivity contribution < 1.29 is 23.4 Å². The third kappa shape index (κ3) is 4.04. The Morgan fingerprint density at radius 2 is 1.70 bits per heavy atom. The van der Waals surface area contributed by atoms with Gasteiger partial charge in [-0.1, -0.05) is 6.07 Å². The van der Waals surface area contributed by atoms with E-state index in [-0.39, 0.29) is 12.5 Å². The Balaban J connectivity index is 2.02. The van der Waals surface area contributed by atoms with E-state index < -0.39 is 23.3 Å². The van der Waals surface area contributed by atoms with E-state index in [0.29, 0.717) is 11.3 Å². The topological polar surface area (TPSA) is 49.8 Å². The Hall–Kier alpha value is -2.47. The second kappa shape index (κ2) is 7.19. The highest BCUT2D eigenvalue weighted by molar-refractivity contribution is 5.93. The van der Waals surface area contributed by atoms with Crippen LogP contribution in [0.15, 0.2) is 42.5 Å². The van der Waals surface area contributed by atoms with Gasteiger partial charge in [-0.2, -0.15) is 0 Å². The zero-order valence-electron chi connectivity index (χ0n) is 12.8. The number of rotatable bonds is 5. The molecular weight excluding hydrogens is 304 g/mol. The average Bonchev–Trinajstić information content (AvgIpc) is 2.52. The first-order chi connectivity index (χ1) is 10.9. The van der Waals surface area contributed by atoms with Crippen molar-refractivity contribution in [1.29, 1.82) is 0 Å². The molecule has 0 aromatic heterocycles. The number of benzene rings is 2. The summed E-state index contributed by atoms with van der Waals surface area (Å²) in [5.41, 5.74) is 0.0648. The van der Waals surface area contributed by atoms with Gasteiger partial charge < -0.3 is 14.7 Å². The number of aliphatic hydroxyl groups is 1. The highest BCUT2D eigenvalue weighted by Crippen LogP contribution is 2.22. The maximum Gasteiger partial charge on any atom is 0.253 e. The normalized spacial score (nSPS) is 11.9. The van der Waals surface area contributed by atoms with Crippen LogP contribution in [0, 0.1) is 11.6 Å². The lowest BCUT2D eigenvalue weighted by Crippen LogP contribution is -2.21. The van der Waals surface area contributed by atoms with Crippen LogP contribution in [0.2, 0.25) is 0 Å². The molecule has 23 heavy (non-hydrogen) atoms. The van der Waals surface area contributed by atoms with Gasteiger partial charge in [-0.25, -0.2) is 8.78 Å². The number of carbonyl (C=O) groups is 1. The summed E-state index contributed by atoms with van der Waals surface area (Å²) in [7, 11) is 3.29. The van der Waals surface area contributed by atoms with Crippen LogP contribution in [0.5, 0.6) is 5.75 Å². The summed E-state index contributed by atoms with van der Waals surface area (Å²) in [6.07, 6.45) is -1.43. The number of ether oxygens (including phenoxy) is 1. The van der Waals surface area contributed by atoms with E-state index in [2.05, 4.69) is 0 Å². The summed E-state index contributed by atoms with van der Waals surface area (Å²) >= 11 is 0. The molecule has 2 aromatic rings. The molecule has 0 fully saturated rings. The number of amides is 1. The maximum absolute atomic E-state index is 13.5. The van der Waals surface area contributed by atoms with Gasteiger partial charge in [0.1, 0.15) is 30.1 Å². The molecule has 0 radical (unpaired) electrons. The molecule has 0 saturated heterocycles. The second-order valence-corrected chi connectivity index (χ2v) is 5.19. The van der Waals surface area contributed by atoms with Crippen LogP contribution in [-0.4, -0.2) is 36.6 Å². The Bertz CT molecular complexity index is 666. The Kier molecular flexibility index (Phi) is 5.28. The number of aliphatic hydroxyl groups excluding tert-OH is 1. The molecule has 122 valence electrons. The molecule has 0 aliphatic heterocycles. The number of halogens is 2. The number of nitrogens with zero attached hydrogens (tertiary/aromatic N) is 1. The number of hydrogen-bond acceptors (Lipinski definition) is 3. The largest absolute Gasteiger partial charge is 0.491 e. The van der Waals surface area contributed by atoms with Gasteiger partial charge in [0, 0.05) is 19.7 Å². The molecule has 6 heteroatoms. The van der Waals surface area contributed by atoms with E-state index in [1.807, 2.05) is 0 Å². The molecule has 0 heterocycles. The first kappa shape index (κ1) is 16.9. The molecule has 0 aliphatic rings. The smallest absolute Gasteiger partial charge is 0.253 e. The lowest BCUT2D eigenvalue weighted by Gasteiger charge is -2.15. The van der Waals surface area contributed by atoms with Crippen molar-refractivity contribution in [3.8, 4) is 5.75 Å². The van der Waals surface area contributed by atoms with E-state index in [4.69, 9.17) is 4.74 Å². The van der Waals surface area contributed by atoms with E-state index in [0.717, 1.165) is 12.1 Å². The van der Waals surface area contributed by atoms with Crippen LogP contribution >= 0.6 is 0 Å². The minimum absolute atomic E-state index is 0.148. The molecule has 0 saturated carbocycles. The molecule has 1 unspecified atom stereocenters. The molecule has 2 aromatic carbocycles. The van der Waals surface area contributed by atoms with Crippen molar-refractivity contribution in [2.75, 3.05) is 20.7 Å². The molecule has 1 N–H and O–H groups in total. The molecule has 0 spiro atoms. The summed E-state index contributed by atoms with van der Waals surface area (Å²) in [5.74, 6) is -1.41. The third-order valence-electron chi connectivity index (χ3n) is 3.25. The first-order valence-corrected chi connectivity index (χ1v) is 6.96. The number of hydrogen-bond donors (Lipinski definition) is 1. The van der Waals surface area contributed by atoms with Gasteiger partial charge in [0.05, 0.1) is 5.56 Å². The fourth-order valence-electron chi connectivity index (χ4n) is 2.04. The molecule has 1 atom stereocenters. The summed E-state index contributed by atoms with van der Waals surface area (Å²) < 4.78 is 32.4. The average molecular weight is 321 g/mol. The van der Waals surface area contributed by atoms with Gasteiger partial charge in [-0.3, -0.25) is 4.79 Å². The Morgan fingerprint density at radius 1 is 1.13 bits per heavy atom. The van der Waals surface area contributed by atoms with Crippen molar-refractivity contribution in [3.63, 3.8) is 0 Å². The van der Waals surface area contributed by atoms with E-state index >= 15 is 0 Å². The fraction of sp³-hybridized carbons (Fsp3) is 0.235. The minimum atomic E-state index is -1.43. The van der Waals surface area contributed by atoms with E-state index in [1.54, 1.807) is 38.4 Å². The Morgan fingerprint density at radius 3 is 2.22 bits per heavy atom. The van der Waals surface area contributed by atoms with Crippen molar-refractivity contribution in [3.05, 3.63) is 65.2 Å². The predicted octanol–water partition coefficient (Wildman–Crippen LogP) is 2.78. The molecule has 0 bridgehead atoms. The van der Waals surface area contributed by atoms with Gasteiger partial charge in [0.15, 0.2) is 0 Å². The summed E-state index contributed by atoms with van der Waals surface area (Å²) in [6, 6.07) is 9.64. The van der Waals surface area contributed by atoms with Gasteiger partial charge in [0.2, 0.25) is 0 Å².